The van der Waals surface area contributed by atoms with Crippen LogP contribution in [0.5, 0.6) is 0 Å². The Morgan fingerprint density at radius 3 is 2.21 bits per heavy atom. The third-order valence-corrected chi connectivity index (χ3v) is 3.27. The third-order valence-electron chi connectivity index (χ3n) is 3.15. The Labute approximate surface area is 123 Å². The van der Waals surface area contributed by atoms with Crippen molar-refractivity contribution in [2.45, 2.75) is 46.1 Å². The third kappa shape index (κ3) is 5.70. The fourth-order valence-electron chi connectivity index (χ4n) is 2.12. The number of nitrogens with zero attached hydrogens (tertiary/aromatic N) is 1. The van der Waals surface area contributed by atoms with Crippen molar-refractivity contribution in [3.63, 3.8) is 0 Å². The highest BCUT2D eigenvalue weighted by Gasteiger charge is 2.13. The Balaban J connectivity index is 2.72. The van der Waals surface area contributed by atoms with E-state index in [1.54, 1.807) is 0 Å². The van der Waals surface area contributed by atoms with Crippen LogP contribution in [0, 0.1) is 0 Å². The second-order valence-electron chi connectivity index (χ2n) is 6.12. The minimum atomic E-state index is 0.209. The first-order chi connectivity index (χ1) is 8.82. The molecule has 0 radical (unpaired) electrons. The van der Waals surface area contributed by atoms with Gasteiger partial charge in [-0.3, -0.25) is 4.90 Å². The molecule has 0 saturated heterocycles. The van der Waals surface area contributed by atoms with Crippen molar-refractivity contribution in [3.8, 4) is 0 Å². The zero-order chi connectivity index (χ0) is 14.5. The standard InChI is InChI=1S/C16H26N2S/c1-5-10-18(12-15(17)19)11-13-6-8-14(9-7-13)16(2,3)4/h6-9H,5,10-12H2,1-4H3,(H2,17,19). The van der Waals surface area contributed by atoms with Crippen molar-refractivity contribution < 1.29 is 0 Å². The van der Waals surface area contributed by atoms with Crippen molar-refractivity contribution >= 4 is 17.2 Å². The minimum absolute atomic E-state index is 0.209. The molecule has 0 saturated carbocycles. The molecule has 3 heteroatoms. The van der Waals surface area contributed by atoms with E-state index in [0.717, 1.165) is 19.5 Å². The van der Waals surface area contributed by atoms with Gasteiger partial charge in [-0.2, -0.15) is 0 Å². The SMILES string of the molecule is CCCN(CC(N)=S)Cc1ccc(C(C)(C)C)cc1. The van der Waals surface area contributed by atoms with Gasteiger partial charge in [0.25, 0.3) is 0 Å². The summed E-state index contributed by atoms with van der Waals surface area (Å²) in [5, 5.41) is 0. The summed E-state index contributed by atoms with van der Waals surface area (Å²) in [7, 11) is 0. The van der Waals surface area contributed by atoms with Gasteiger partial charge in [0.05, 0.1) is 4.99 Å². The van der Waals surface area contributed by atoms with Gasteiger partial charge in [0.2, 0.25) is 0 Å². The molecule has 0 unspecified atom stereocenters. The number of benzene rings is 1. The van der Waals surface area contributed by atoms with E-state index >= 15 is 0 Å². The highest BCUT2D eigenvalue weighted by Crippen LogP contribution is 2.22. The molecule has 0 aliphatic rings. The summed E-state index contributed by atoms with van der Waals surface area (Å²) >= 11 is 5.01. The predicted molar refractivity (Wildman–Crippen MR) is 87.5 cm³/mol. The summed E-state index contributed by atoms with van der Waals surface area (Å²) in [6.45, 7) is 11.5. The van der Waals surface area contributed by atoms with E-state index in [0.29, 0.717) is 11.5 Å². The van der Waals surface area contributed by atoms with Crippen LogP contribution >= 0.6 is 12.2 Å². The van der Waals surface area contributed by atoms with Crippen LogP contribution in [0.4, 0.5) is 0 Å². The first-order valence-corrected chi connectivity index (χ1v) is 7.34. The van der Waals surface area contributed by atoms with Gasteiger partial charge in [0.1, 0.15) is 0 Å². The van der Waals surface area contributed by atoms with Crippen LogP contribution in [0.2, 0.25) is 0 Å². The molecule has 2 nitrogen and oxygen atoms in total. The topological polar surface area (TPSA) is 29.3 Å². The molecule has 0 heterocycles. The number of hydrogen-bond acceptors (Lipinski definition) is 2. The smallest absolute Gasteiger partial charge is 0.0870 e. The normalized spacial score (nSPS) is 11.8. The van der Waals surface area contributed by atoms with Gasteiger partial charge in [-0.1, -0.05) is 64.2 Å². The monoisotopic (exact) mass is 278 g/mol. The van der Waals surface area contributed by atoms with E-state index < -0.39 is 0 Å². The zero-order valence-electron chi connectivity index (χ0n) is 12.6. The number of thiocarbonyl (C=S) groups is 1. The Hall–Kier alpha value is -0.930. The van der Waals surface area contributed by atoms with Crippen molar-refractivity contribution in [2.75, 3.05) is 13.1 Å². The lowest BCUT2D eigenvalue weighted by Gasteiger charge is -2.22. The molecule has 0 aliphatic carbocycles. The predicted octanol–water partition coefficient (Wildman–Crippen LogP) is 3.48. The van der Waals surface area contributed by atoms with Crippen LogP contribution in [0.25, 0.3) is 0 Å². The Morgan fingerprint density at radius 1 is 1.21 bits per heavy atom. The second kappa shape index (κ2) is 7.01. The van der Waals surface area contributed by atoms with E-state index in [-0.39, 0.29) is 5.41 Å². The van der Waals surface area contributed by atoms with E-state index in [1.807, 2.05) is 0 Å². The Kier molecular flexibility index (Phi) is 5.95. The van der Waals surface area contributed by atoms with Gasteiger partial charge in [-0.05, 0) is 29.5 Å². The molecule has 0 aromatic heterocycles. The summed E-state index contributed by atoms with van der Waals surface area (Å²) in [5.74, 6) is 0. The summed E-state index contributed by atoms with van der Waals surface area (Å²) < 4.78 is 0. The van der Waals surface area contributed by atoms with Crippen molar-refractivity contribution in [1.29, 1.82) is 0 Å². The van der Waals surface area contributed by atoms with Crippen molar-refractivity contribution in [1.82, 2.24) is 4.90 Å². The zero-order valence-corrected chi connectivity index (χ0v) is 13.4. The Morgan fingerprint density at radius 2 is 1.79 bits per heavy atom. The van der Waals surface area contributed by atoms with Gasteiger partial charge in [0, 0.05) is 13.1 Å². The maximum absolute atomic E-state index is 5.65. The van der Waals surface area contributed by atoms with E-state index in [1.165, 1.54) is 11.1 Å². The maximum atomic E-state index is 5.65. The molecule has 19 heavy (non-hydrogen) atoms. The van der Waals surface area contributed by atoms with Gasteiger partial charge in [0.15, 0.2) is 0 Å². The lowest BCUT2D eigenvalue weighted by atomic mass is 9.87. The lowest BCUT2D eigenvalue weighted by Crippen LogP contribution is -2.32. The van der Waals surface area contributed by atoms with Crippen molar-refractivity contribution in [2.24, 2.45) is 5.73 Å². The minimum Gasteiger partial charge on any atom is -0.392 e. The summed E-state index contributed by atoms with van der Waals surface area (Å²) in [6, 6.07) is 8.87. The number of nitrogens with two attached hydrogens (primary N) is 1. The molecular weight excluding hydrogens is 252 g/mol. The molecule has 0 fully saturated rings. The van der Waals surface area contributed by atoms with Crippen LogP contribution in [0.3, 0.4) is 0 Å². The molecule has 106 valence electrons. The van der Waals surface area contributed by atoms with Gasteiger partial charge < -0.3 is 5.73 Å². The van der Waals surface area contributed by atoms with Gasteiger partial charge >= 0.3 is 0 Å². The molecule has 0 aliphatic heterocycles. The number of rotatable bonds is 6. The van der Waals surface area contributed by atoms with E-state index in [9.17, 15) is 0 Å². The average Bonchev–Trinajstić information content (AvgIpc) is 2.28. The lowest BCUT2D eigenvalue weighted by molar-refractivity contribution is 0.304. The molecule has 2 N–H and O–H groups in total. The molecule has 0 amide bonds. The molecular formula is C16H26N2S. The van der Waals surface area contributed by atoms with Gasteiger partial charge in [-0.25, -0.2) is 0 Å². The molecule has 0 bridgehead atoms. The quantitative estimate of drug-likeness (QED) is 0.808. The highest BCUT2D eigenvalue weighted by atomic mass is 32.1. The highest BCUT2D eigenvalue weighted by molar-refractivity contribution is 7.80. The first kappa shape index (κ1) is 16.1. The van der Waals surface area contributed by atoms with Gasteiger partial charge in [-0.15, -0.1) is 0 Å². The summed E-state index contributed by atoms with van der Waals surface area (Å²) in [4.78, 5) is 2.87. The largest absolute Gasteiger partial charge is 0.392 e. The van der Waals surface area contributed by atoms with E-state index in [2.05, 4.69) is 56.9 Å². The van der Waals surface area contributed by atoms with Crippen LogP contribution in [0.1, 0.15) is 45.2 Å². The average molecular weight is 278 g/mol. The van der Waals surface area contributed by atoms with E-state index in [4.69, 9.17) is 18.0 Å². The maximum Gasteiger partial charge on any atom is 0.0870 e. The summed E-state index contributed by atoms with van der Waals surface area (Å²) in [6.07, 6.45) is 1.11. The molecule has 0 atom stereocenters. The van der Waals surface area contributed by atoms with Crippen LogP contribution < -0.4 is 5.73 Å². The second-order valence-corrected chi connectivity index (χ2v) is 6.65. The Bertz CT molecular complexity index is 404. The van der Waals surface area contributed by atoms with Crippen LogP contribution in [-0.2, 0) is 12.0 Å². The first-order valence-electron chi connectivity index (χ1n) is 6.93. The summed E-state index contributed by atoms with van der Waals surface area (Å²) in [5.41, 5.74) is 8.54. The molecule has 1 aromatic rings. The van der Waals surface area contributed by atoms with Crippen LogP contribution in [0.15, 0.2) is 24.3 Å². The molecule has 0 spiro atoms. The van der Waals surface area contributed by atoms with Crippen LogP contribution in [-0.4, -0.2) is 23.0 Å². The van der Waals surface area contributed by atoms with Crippen molar-refractivity contribution in [3.05, 3.63) is 35.4 Å². The fourth-order valence-corrected chi connectivity index (χ4v) is 2.30. The fraction of sp³-hybridized carbons (Fsp3) is 0.562. The molecule has 1 aromatic carbocycles. The number of hydrogen-bond donors (Lipinski definition) is 1. The molecule has 1 rings (SSSR count).